The molecular weight excluding hydrogens is 193 g/mol. The van der Waals surface area contributed by atoms with E-state index in [1.54, 1.807) is 36.4 Å². The van der Waals surface area contributed by atoms with Crippen LogP contribution in [-0.2, 0) is 0 Å². The van der Waals surface area contributed by atoms with Crippen LogP contribution in [0, 0.1) is 0 Å². The van der Waals surface area contributed by atoms with Gasteiger partial charge in [0.25, 0.3) is 0 Å². The number of rotatable bonds is 2. The second-order valence-corrected chi connectivity index (χ2v) is 3.24. The second-order valence-electron chi connectivity index (χ2n) is 3.24. The first-order valence-electron chi connectivity index (χ1n) is 4.69. The van der Waals surface area contributed by atoms with E-state index >= 15 is 0 Å². The number of nitrogens with one attached hydrogen (secondary N) is 1. The molecule has 2 nitrogen and oxygen atoms in total. The molecule has 0 unspecified atom stereocenters. The third kappa shape index (κ3) is 2.55. The van der Waals surface area contributed by atoms with Crippen LogP contribution in [0.2, 0.25) is 0 Å². The van der Waals surface area contributed by atoms with E-state index in [0.717, 1.165) is 0 Å². The molecule has 2 rings (SSSR count). The van der Waals surface area contributed by atoms with Gasteiger partial charge in [-0.25, -0.2) is 0 Å². The van der Waals surface area contributed by atoms with Crippen molar-refractivity contribution in [3.63, 3.8) is 0 Å². The number of ketones is 1. The molecule has 3 heteroatoms. The van der Waals surface area contributed by atoms with Gasteiger partial charge in [-0.1, -0.05) is 54.6 Å². The van der Waals surface area contributed by atoms with E-state index in [4.69, 9.17) is 5.73 Å². The van der Waals surface area contributed by atoms with Crippen LogP contribution < -0.4 is 18.9 Å². The van der Waals surface area contributed by atoms with E-state index < -0.39 is 0 Å². The summed E-state index contributed by atoms with van der Waals surface area (Å²) in [6.07, 6.45) is 0. The van der Waals surface area contributed by atoms with Crippen LogP contribution in [0.3, 0.4) is 0 Å². The van der Waals surface area contributed by atoms with Crippen molar-refractivity contribution in [1.82, 2.24) is 0 Å². The minimum Gasteiger partial charge on any atom is -0.698 e. The Bertz CT molecular complexity index is 482. The van der Waals surface area contributed by atoms with E-state index in [2.05, 4.69) is 0 Å². The van der Waals surface area contributed by atoms with E-state index in [-0.39, 0.29) is 30.3 Å². The van der Waals surface area contributed by atoms with Crippen molar-refractivity contribution in [3.05, 3.63) is 71.5 Å². The second kappa shape index (κ2) is 5.55. The summed E-state index contributed by atoms with van der Waals surface area (Å²) in [6.45, 7) is 0. The van der Waals surface area contributed by atoms with Crippen molar-refractivity contribution in [3.8, 4) is 0 Å². The van der Waals surface area contributed by atoms with Crippen LogP contribution in [0.1, 0.15) is 15.9 Å². The molecule has 0 spiro atoms. The molecule has 0 saturated heterocycles. The van der Waals surface area contributed by atoms with Crippen molar-refractivity contribution in [2.45, 2.75) is 0 Å². The fourth-order valence-electron chi connectivity index (χ4n) is 1.43. The molecule has 0 fully saturated rings. The molecule has 0 aliphatic heterocycles. The van der Waals surface area contributed by atoms with Gasteiger partial charge in [0.15, 0.2) is 5.78 Å². The Morgan fingerprint density at radius 1 is 0.875 bits per heavy atom. The molecule has 2 aromatic carbocycles. The molecule has 1 N–H and O–H groups in total. The maximum Gasteiger partial charge on any atom is 1.00 e. The fourth-order valence-corrected chi connectivity index (χ4v) is 1.43. The third-order valence-corrected chi connectivity index (χ3v) is 2.21. The first-order chi connectivity index (χ1) is 7.29. The Morgan fingerprint density at radius 2 is 1.44 bits per heavy atom. The van der Waals surface area contributed by atoms with Gasteiger partial charge in [0.1, 0.15) is 0 Å². The summed E-state index contributed by atoms with van der Waals surface area (Å²) < 4.78 is 0. The first kappa shape index (κ1) is 12.6. The zero-order valence-corrected chi connectivity index (χ0v) is 9.10. The average molecular weight is 203 g/mol. The monoisotopic (exact) mass is 203 g/mol. The van der Waals surface area contributed by atoms with Gasteiger partial charge in [-0.3, -0.25) is 4.79 Å². The molecule has 0 aliphatic rings. The van der Waals surface area contributed by atoms with Gasteiger partial charge in [-0.05, 0) is 0 Å². The summed E-state index contributed by atoms with van der Waals surface area (Å²) >= 11 is 0. The van der Waals surface area contributed by atoms with Crippen LogP contribution in [-0.4, -0.2) is 5.78 Å². The first-order valence-corrected chi connectivity index (χ1v) is 4.69. The molecule has 0 saturated carbocycles. The molecule has 0 bridgehead atoms. The van der Waals surface area contributed by atoms with Gasteiger partial charge in [0, 0.05) is 11.1 Å². The van der Waals surface area contributed by atoms with Crippen LogP contribution in [0.25, 0.3) is 5.73 Å². The minimum absolute atomic E-state index is 0. The van der Waals surface area contributed by atoms with Crippen LogP contribution in [0.4, 0.5) is 5.69 Å². The van der Waals surface area contributed by atoms with Crippen molar-refractivity contribution in [1.29, 1.82) is 0 Å². The van der Waals surface area contributed by atoms with Crippen molar-refractivity contribution in [2.75, 3.05) is 0 Å². The summed E-state index contributed by atoms with van der Waals surface area (Å²) in [5.74, 6) is -0.0961. The number of carbonyl (C=O) groups excluding carboxylic acids is 1. The molecule has 0 atom stereocenters. The Balaban J connectivity index is 0.00000128. The third-order valence-electron chi connectivity index (χ3n) is 2.21. The molecule has 0 radical (unpaired) electrons. The summed E-state index contributed by atoms with van der Waals surface area (Å²) in [4.78, 5) is 11.9. The number of carbonyl (C=O) groups is 1. The molecule has 74 valence electrons. The number of hydrogen-bond donors (Lipinski definition) is 0. The smallest absolute Gasteiger partial charge is 0.698 e. The Kier molecular flexibility index (Phi) is 4.36. The molecule has 0 aromatic heterocycles. The zero-order chi connectivity index (χ0) is 10.7. The maximum atomic E-state index is 11.9. The van der Waals surface area contributed by atoms with E-state index in [1.807, 2.05) is 18.2 Å². The predicted molar refractivity (Wildman–Crippen MR) is 60.3 cm³/mol. The van der Waals surface area contributed by atoms with Gasteiger partial charge in [-0.15, -0.1) is 5.69 Å². The number of benzene rings is 2. The van der Waals surface area contributed by atoms with E-state index in [1.165, 1.54) is 0 Å². The van der Waals surface area contributed by atoms with Crippen molar-refractivity contribution in [2.24, 2.45) is 0 Å². The molecule has 0 aliphatic carbocycles. The van der Waals surface area contributed by atoms with Gasteiger partial charge in [0.05, 0.1) is 0 Å². The Hall–Kier alpha value is -1.49. The van der Waals surface area contributed by atoms with Gasteiger partial charge in [0.2, 0.25) is 0 Å². The summed E-state index contributed by atoms with van der Waals surface area (Å²) in [6, 6.07) is 15.8. The summed E-state index contributed by atoms with van der Waals surface area (Å²) in [5, 5.41) is 0. The number of hydrogen-bond acceptors (Lipinski definition) is 1. The van der Waals surface area contributed by atoms with E-state index in [0.29, 0.717) is 11.1 Å². The predicted octanol–water partition coefficient (Wildman–Crippen LogP) is 0.605. The van der Waals surface area contributed by atoms with Crippen LogP contribution in [0.5, 0.6) is 0 Å². The molecule has 16 heavy (non-hydrogen) atoms. The molecule has 0 heterocycles. The Labute approximate surface area is 107 Å². The fraction of sp³-hybridized carbons (Fsp3) is 0. The van der Waals surface area contributed by atoms with Gasteiger partial charge < -0.3 is 5.73 Å². The van der Waals surface area contributed by atoms with Crippen LogP contribution >= 0.6 is 0 Å². The van der Waals surface area contributed by atoms with Crippen molar-refractivity contribution < 1.29 is 23.7 Å². The maximum absolute atomic E-state index is 11.9. The van der Waals surface area contributed by atoms with E-state index in [9.17, 15) is 4.79 Å². The Morgan fingerprint density at radius 3 is 2.06 bits per heavy atom. The SMILES string of the molecule is [Li+].[NH-]c1ccccc1C(=O)c1ccccc1. The average Bonchev–Trinajstić information content (AvgIpc) is 2.30. The quantitative estimate of drug-likeness (QED) is 0.520. The zero-order valence-electron chi connectivity index (χ0n) is 9.10. The molecular formula is C13H10LiNO. The topological polar surface area (TPSA) is 40.9 Å². The van der Waals surface area contributed by atoms with Crippen molar-refractivity contribution >= 4 is 11.5 Å². The summed E-state index contributed by atoms with van der Waals surface area (Å²) in [7, 11) is 0. The summed E-state index contributed by atoms with van der Waals surface area (Å²) in [5.41, 5.74) is 8.97. The van der Waals surface area contributed by atoms with Gasteiger partial charge >= 0.3 is 18.9 Å². The molecule has 0 amide bonds. The normalized spacial score (nSPS) is 9.25. The van der Waals surface area contributed by atoms with Gasteiger partial charge in [-0.2, -0.15) is 0 Å². The largest absolute Gasteiger partial charge is 1.00 e. The van der Waals surface area contributed by atoms with Crippen LogP contribution in [0.15, 0.2) is 54.6 Å². The standard InChI is InChI=1S/C13H11NO.Li/c14-12-9-5-4-8-11(12)13(15)10-6-2-1-3-7-10;/h1-9H,(H2,14,15);/q;+1/p-1. The minimum atomic E-state index is -0.0961. The molecule has 2 aromatic rings.